The second kappa shape index (κ2) is 8.34. The van der Waals surface area contributed by atoms with Crippen LogP contribution in [0.25, 0.3) is 0 Å². The third-order valence-electron chi connectivity index (χ3n) is 5.73. The van der Waals surface area contributed by atoms with Gasteiger partial charge in [-0.15, -0.1) is 0 Å². The molecule has 3 heteroatoms. The first-order valence-corrected chi connectivity index (χ1v) is 9.70. The predicted molar refractivity (Wildman–Crippen MR) is 104 cm³/mol. The molecule has 2 unspecified atom stereocenters. The maximum absolute atomic E-state index is 11.8. The average molecular weight is 354 g/mol. The predicted octanol–water partition coefficient (Wildman–Crippen LogP) is 4.27. The van der Waals surface area contributed by atoms with E-state index in [-0.39, 0.29) is 12.5 Å². The smallest absolute Gasteiger partial charge is 0.179 e. The van der Waals surface area contributed by atoms with Gasteiger partial charge in [-0.05, 0) is 42.7 Å². The zero-order chi connectivity index (χ0) is 18.5. The van der Waals surface area contributed by atoms with Gasteiger partial charge in [-0.2, -0.15) is 0 Å². The van der Waals surface area contributed by atoms with E-state index in [2.05, 4.69) is 31.2 Å². The lowest BCUT2D eigenvalue weighted by Crippen LogP contribution is -2.56. The topological polar surface area (TPSA) is 49.7 Å². The Kier molecular flexibility index (Phi) is 6.13. The molecule has 0 spiro atoms. The maximum Gasteiger partial charge on any atom is 0.179 e. The SMILES string of the molecule is CC(CCO)CC(c1ccccc1)(c1ccccc1)C1(O)CCCCO1. The summed E-state index contributed by atoms with van der Waals surface area (Å²) in [4.78, 5) is 0. The minimum atomic E-state index is -1.25. The first-order chi connectivity index (χ1) is 12.6. The van der Waals surface area contributed by atoms with Crippen LogP contribution in [0.3, 0.4) is 0 Å². The van der Waals surface area contributed by atoms with Gasteiger partial charge in [-0.3, -0.25) is 0 Å². The molecule has 0 radical (unpaired) electrons. The van der Waals surface area contributed by atoms with Gasteiger partial charge in [0.25, 0.3) is 0 Å². The molecule has 1 saturated heterocycles. The quantitative estimate of drug-likeness (QED) is 0.781. The number of hydrogen-bond acceptors (Lipinski definition) is 3. The standard InChI is InChI=1S/C23H30O3/c1-19(14-16-24)18-22(20-10-4-2-5-11-20,21-12-6-3-7-13-21)23(25)15-8-9-17-26-23/h2-7,10-13,19,24-25H,8-9,14-18H2,1H3. The van der Waals surface area contributed by atoms with Crippen LogP contribution in [0.4, 0.5) is 0 Å². The molecule has 0 saturated carbocycles. The van der Waals surface area contributed by atoms with Crippen molar-refractivity contribution in [2.24, 2.45) is 5.92 Å². The van der Waals surface area contributed by atoms with E-state index in [1.54, 1.807) is 0 Å². The summed E-state index contributed by atoms with van der Waals surface area (Å²) >= 11 is 0. The van der Waals surface area contributed by atoms with E-state index in [1.165, 1.54) is 0 Å². The van der Waals surface area contributed by atoms with Crippen molar-refractivity contribution < 1.29 is 14.9 Å². The fraction of sp³-hybridized carbons (Fsp3) is 0.478. The Hall–Kier alpha value is -1.68. The molecule has 1 aliphatic rings. The molecule has 0 bridgehead atoms. The van der Waals surface area contributed by atoms with E-state index in [0.29, 0.717) is 19.4 Å². The van der Waals surface area contributed by atoms with Gasteiger partial charge in [0, 0.05) is 13.0 Å². The average Bonchev–Trinajstić information content (AvgIpc) is 2.68. The molecule has 2 aromatic carbocycles. The zero-order valence-corrected chi connectivity index (χ0v) is 15.6. The highest BCUT2D eigenvalue weighted by Gasteiger charge is 2.54. The van der Waals surface area contributed by atoms with Crippen LogP contribution in [0.5, 0.6) is 0 Å². The fourth-order valence-corrected chi connectivity index (χ4v) is 4.42. The number of benzene rings is 2. The highest BCUT2D eigenvalue weighted by Crippen LogP contribution is 2.50. The summed E-state index contributed by atoms with van der Waals surface area (Å²) in [5.41, 5.74) is 1.48. The van der Waals surface area contributed by atoms with Crippen LogP contribution in [0.15, 0.2) is 60.7 Å². The lowest BCUT2D eigenvalue weighted by atomic mass is 9.62. The molecule has 3 rings (SSSR count). The van der Waals surface area contributed by atoms with Crippen LogP contribution in [-0.4, -0.2) is 29.2 Å². The molecule has 140 valence electrons. The van der Waals surface area contributed by atoms with Crippen LogP contribution in [0.2, 0.25) is 0 Å². The second-order valence-corrected chi connectivity index (χ2v) is 7.55. The van der Waals surface area contributed by atoms with Crippen LogP contribution >= 0.6 is 0 Å². The molecule has 2 atom stereocenters. The Balaban J connectivity index is 2.20. The summed E-state index contributed by atoms with van der Waals surface area (Å²) in [6, 6.07) is 20.5. The molecule has 2 N–H and O–H groups in total. The van der Waals surface area contributed by atoms with Crippen molar-refractivity contribution in [1.29, 1.82) is 0 Å². The summed E-state index contributed by atoms with van der Waals surface area (Å²) in [5, 5.41) is 21.3. The van der Waals surface area contributed by atoms with Crippen molar-refractivity contribution in [1.82, 2.24) is 0 Å². The van der Waals surface area contributed by atoms with E-state index >= 15 is 0 Å². The largest absolute Gasteiger partial charge is 0.396 e. The zero-order valence-electron chi connectivity index (χ0n) is 15.6. The molecule has 1 aliphatic heterocycles. The molecule has 1 heterocycles. The highest BCUT2D eigenvalue weighted by atomic mass is 16.6. The third-order valence-corrected chi connectivity index (χ3v) is 5.73. The molecule has 1 fully saturated rings. The first-order valence-electron chi connectivity index (χ1n) is 9.70. The van der Waals surface area contributed by atoms with Crippen molar-refractivity contribution in [3.63, 3.8) is 0 Å². The molecular weight excluding hydrogens is 324 g/mol. The monoisotopic (exact) mass is 354 g/mol. The van der Waals surface area contributed by atoms with Crippen LogP contribution in [0.1, 0.15) is 50.2 Å². The van der Waals surface area contributed by atoms with E-state index < -0.39 is 11.2 Å². The van der Waals surface area contributed by atoms with E-state index in [9.17, 15) is 10.2 Å². The summed E-state index contributed by atoms with van der Waals surface area (Å²) in [5.74, 6) is -1.01. The Labute approximate surface area is 156 Å². The summed E-state index contributed by atoms with van der Waals surface area (Å²) in [6.07, 6.45) is 3.97. The number of aliphatic hydroxyl groups excluding tert-OH is 1. The van der Waals surface area contributed by atoms with Crippen molar-refractivity contribution in [3.8, 4) is 0 Å². The van der Waals surface area contributed by atoms with Gasteiger partial charge >= 0.3 is 0 Å². The van der Waals surface area contributed by atoms with Gasteiger partial charge < -0.3 is 14.9 Å². The van der Waals surface area contributed by atoms with Crippen LogP contribution in [0, 0.1) is 5.92 Å². The van der Waals surface area contributed by atoms with Crippen molar-refractivity contribution in [2.75, 3.05) is 13.2 Å². The molecule has 2 aromatic rings. The van der Waals surface area contributed by atoms with E-state index in [1.807, 2.05) is 36.4 Å². The molecule has 3 nitrogen and oxygen atoms in total. The minimum absolute atomic E-state index is 0.153. The maximum atomic E-state index is 11.8. The van der Waals surface area contributed by atoms with Crippen LogP contribution in [-0.2, 0) is 10.2 Å². The number of ether oxygens (including phenoxy) is 1. The van der Waals surface area contributed by atoms with Gasteiger partial charge in [-0.25, -0.2) is 0 Å². The van der Waals surface area contributed by atoms with Gasteiger partial charge in [0.05, 0.1) is 12.0 Å². The van der Waals surface area contributed by atoms with Crippen molar-refractivity contribution >= 4 is 0 Å². The Morgan fingerprint density at radius 1 is 1.00 bits per heavy atom. The molecule has 0 aromatic heterocycles. The van der Waals surface area contributed by atoms with Gasteiger partial charge in [0.1, 0.15) is 0 Å². The summed E-state index contributed by atoms with van der Waals surface area (Å²) in [6.45, 7) is 2.87. The lowest BCUT2D eigenvalue weighted by molar-refractivity contribution is -0.262. The fourth-order valence-electron chi connectivity index (χ4n) is 4.42. The second-order valence-electron chi connectivity index (χ2n) is 7.55. The minimum Gasteiger partial charge on any atom is -0.396 e. The van der Waals surface area contributed by atoms with Gasteiger partial charge in [-0.1, -0.05) is 67.6 Å². The lowest BCUT2D eigenvalue weighted by Gasteiger charge is -2.50. The number of rotatable bonds is 7. The van der Waals surface area contributed by atoms with Crippen molar-refractivity contribution in [3.05, 3.63) is 71.8 Å². The Morgan fingerprint density at radius 3 is 2.04 bits per heavy atom. The number of hydrogen-bond donors (Lipinski definition) is 2. The van der Waals surface area contributed by atoms with Gasteiger partial charge in [0.2, 0.25) is 0 Å². The Morgan fingerprint density at radius 2 is 1.58 bits per heavy atom. The third kappa shape index (κ3) is 3.57. The molecule has 26 heavy (non-hydrogen) atoms. The van der Waals surface area contributed by atoms with E-state index in [4.69, 9.17) is 4.74 Å². The summed E-state index contributed by atoms with van der Waals surface area (Å²) < 4.78 is 6.11. The van der Waals surface area contributed by atoms with Gasteiger partial charge in [0.15, 0.2) is 5.79 Å². The van der Waals surface area contributed by atoms with E-state index in [0.717, 1.165) is 30.4 Å². The highest BCUT2D eigenvalue weighted by molar-refractivity contribution is 5.42. The molecule has 0 amide bonds. The number of aliphatic hydroxyl groups is 2. The molecular formula is C23H30O3. The Bertz CT molecular complexity index is 623. The normalized spacial score (nSPS) is 22.1. The van der Waals surface area contributed by atoms with Crippen LogP contribution < -0.4 is 0 Å². The molecule has 0 aliphatic carbocycles. The summed E-state index contributed by atoms with van der Waals surface area (Å²) in [7, 11) is 0. The van der Waals surface area contributed by atoms with Crippen molar-refractivity contribution in [2.45, 2.75) is 50.2 Å². The first kappa shape index (κ1) is 19.1.